The van der Waals surface area contributed by atoms with Gasteiger partial charge in [-0.15, -0.1) is 0 Å². The first-order valence-electron chi connectivity index (χ1n) is 8.27. The van der Waals surface area contributed by atoms with Gasteiger partial charge in [0, 0.05) is 6.04 Å². The highest BCUT2D eigenvalue weighted by Crippen LogP contribution is 2.26. The van der Waals surface area contributed by atoms with Crippen molar-refractivity contribution in [2.75, 3.05) is 6.54 Å². The molecule has 0 radical (unpaired) electrons. The number of benzene rings is 1. The molecule has 1 aromatic rings. The standard InChI is InChI=1S/C18H28FN/c1-2-20-18(14-15-9-8-12-17(19)13-15)16-10-6-4-3-5-7-11-16/h8-9,12-13,16,18,20H,2-7,10-11,14H2,1H3. The maximum Gasteiger partial charge on any atom is 0.123 e. The molecule has 1 saturated carbocycles. The van der Waals surface area contributed by atoms with E-state index in [1.165, 1.54) is 51.0 Å². The summed E-state index contributed by atoms with van der Waals surface area (Å²) in [4.78, 5) is 0. The van der Waals surface area contributed by atoms with E-state index in [1.807, 2.05) is 6.07 Å². The Hall–Kier alpha value is -0.890. The van der Waals surface area contributed by atoms with Gasteiger partial charge in [0.1, 0.15) is 5.82 Å². The summed E-state index contributed by atoms with van der Waals surface area (Å²) < 4.78 is 13.3. The molecule has 2 heteroatoms. The molecule has 1 aliphatic rings. The lowest BCUT2D eigenvalue weighted by molar-refractivity contribution is 0.286. The van der Waals surface area contributed by atoms with Crippen LogP contribution in [-0.4, -0.2) is 12.6 Å². The van der Waals surface area contributed by atoms with Crippen molar-refractivity contribution in [2.45, 2.75) is 64.3 Å². The van der Waals surface area contributed by atoms with Crippen LogP contribution in [0, 0.1) is 11.7 Å². The van der Waals surface area contributed by atoms with Gasteiger partial charge in [0.05, 0.1) is 0 Å². The SMILES string of the molecule is CCNC(Cc1cccc(F)c1)C1CCCCCCC1. The largest absolute Gasteiger partial charge is 0.314 e. The van der Waals surface area contributed by atoms with Crippen LogP contribution in [0.5, 0.6) is 0 Å². The minimum atomic E-state index is -0.115. The van der Waals surface area contributed by atoms with E-state index in [-0.39, 0.29) is 5.82 Å². The molecule has 1 N–H and O–H groups in total. The highest BCUT2D eigenvalue weighted by Gasteiger charge is 2.21. The number of hydrogen-bond acceptors (Lipinski definition) is 1. The monoisotopic (exact) mass is 277 g/mol. The van der Waals surface area contributed by atoms with Gasteiger partial charge < -0.3 is 5.32 Å². The van der Waals surface area contributed by atoms with Crippen molar-refractivity contribution in [3.63, 3.8) is 0 Å². The van der Waals surface area contributed by atoms with Crippen molar-refractivity contribution in [1.82, 2.24) is 5.32 Å². The molecule has 2 rings (SSSR count). The first-order valence-corrected chi connectivity index (χ1v) is 8.27. The highest BCUT2D eigenvalue weighted by atomic mass is 19.1. The summed E-state index contributed by atoms with van der Waals surface area (Å²) >= 11 is 0. The average Bonchev–Trinajstić information content (AvgIpc) is 2.38. The molecule has 1 atom stereocenters. The zero-order valence-electron chi connectivity index (χ0n) is 12.7. The lowest BCUT2D eigenvalue weighted by Gasteiger charge is -2.29. The van der Waals surface area contributed by atoms with Gasteiger partial charge in [0.25, 0.3) is 0 Å². The van der Waals surface area contributed by atoms with E-state index in [1.54, 1.807) is 6.07 Å². The third kappa shape index (κ3) is 4.90. The van der Waals surface area contributed by atoms with Crippen molar-refractivity contribution in [2.24, 2.45) is 5.92 Å². The zero-order valence-corrected chi connectivity index (χ0v) is 12.7. The number of halogens is 1. The molecule has 112 valence electrons. The van der Waals surface area contributed by atoms with Crippen LogP contribution in [-0.2, 0) is 6.42 Å². The maximum atomic E-state index is 13.3. The lowest BCUT2D eigenvalue weighted by atomic mass is 9.83. The molecule has 0 aliphatic heterocycles. The van der Waals surface area contributed by atoms with Crippen molar-refractivity contribution < 1.29 is 4.39 Å². The molecule has 1 aliphatic carbocycles. The fourth-order valence-electron chi connectivity index (χ4n) is 3.48. The summed E-state index contributed by atoms with van der Waals surface area (Å²) in [6.45, 7) is 3.16. The predicted octanol–water partition coefficient (Wildman–Crippen LogP) is 4.71. The van der Waals surface area contributed by atoms with Crippen LogP contribution < -0.4 is 5.32 Å². The Morgan fingerprint density at radius 3 is 2.50 bits per heavy atom. The van der Waals surface area contributed by atoms with Crippen LogP contribution >= 0.6 is 0 Å². The molecular formula is C18H28FN. The van der Waals surface area contributed by atoms with Crippen molar-refractivity contribution in [3.05, 3.63) is 35.6 Å². The maximum absolute atomic E-state index is 13.3. The van der Waals surface area contributed by atoms with Gasteiger partial charge in [0.15, 0.2) is 0 Å². The fraction of sp³-hybridized carbons (Fsp3) is 0.667. The van der Waals surface area contributed by atoms with Gasteiger partial charge in [-0.3, -0.25) is 0 Å². The summed E-state index contributed by atoms with van der Waals surface area (Å²) in [6.07, 6.45) is 10.5. The Kier molecular flexibility index (Phi) is 6.52. The second-order valence-corrected chi connectivity index (χ2v) is 6.10. The zero-order chi connectivity index (χ0) is 14.2. The molecule has 20 heavy (non-hydrogen) atoms. The minimum absolute atomic E-state index is 0.115. The van der Waals surface area contributed by atoms with Crippen molar-refractivity contribution in [3.8, 4) is 0 Å². The number of hydrogen-bond donors (Lipinski definition) is 1. The molecule has 0 aromatic heterocycles. The van der Waals surface area contributed by atoms with Crippen LogP contribution in [0.3, 0.4) is 0 Å². The van der Waals surface area contributed by atoms with E-state index < -0.39 is 0 Å². The third-order valence-electron chi connectivity index (χ3n) is 4.53. The number of nitrogens with one attached hydrogen (secondary N) is 1. The van der Waals surface area contributed by atoms with E-state index in [0.29, 0.717) is 6.04 Å². The summed E-state index contributed by atoms with van der Waals surface area (Å²) in [5.41, 5.74) is 1.12. The van der Waals surface area contributed by atoms with Crippen LogP contribution in [0.15, 0.2) is 24.3 Å². The second-order valence-electron chi connectivity index (χ2n) is 6.10. The fourth-order valence-corrected chi connectivity index (χ4v) is 3.48. The quantitative estimate of drug-likeness (QED) is 0.822. The Balaban J connectivity index is 2.00. The van der Waals surface area contributed by atoms with E-state index in [0.717, 1.165) is 24.4 Å². The topological polar surface area (TPSA) is 12.0 Å². The molecule has 0 bridgehead atoms. The van der Waals surface area contributed by atoms with E-state index in [2.05, 4.69) is 18.3 Å². The molecule has 1 aromatic carbocycles. The summed E-state index contributed by atoms with van der Waals surface area (Å²) in [5, 5.41) is 3.65. The average molecular weight is 277 g/mol. The summed E-state index contributed by atoms with van der Waals surface area (Å²) in [6, 6.07) is 7.59. The van der Waals surface area contributed by atoms with Crippen LogP contribution in [0.2, 0.25) is 0 Å². The van der Waals surface area contributed by atoms with Gasteiger partial charge in [-0.05, 0) is 49.4 Å². The van der Waals surface area contributed by atoms with Gasteiger partial charge >= 0.3 is 0 Å². The second kappa shape index (κ2) is 8.41. The van der Waals surface area contributed by atoms with Gasteiger partial charge in [-0.2, -0.15) is 0 Å². The van der Waals surface area contributed by atoms with Crippen LogP contribution in [0.4, 0.5) is 4.39 Å². The number of likely N-dealkylation sites (N-methyl/N-ethyl adjacent to an activating group) is 1. The summed E-state index contributed by atoms with van der Waals surface area (Å²) in [5.74, 6) is 0.633. The lowest BCUT2D eigenvalue weighted by Crippen LogP contribution is -2.38. The number of rotatable bonds is 5. The van der Waals surface area contributed by atoms with Gasteiger partial charge in [0.2, 0.25) is 0 Å². The van der Waals surface area contributed by atoms with Gasteiger partial charge in [-0.1, -0.05) is 51.2 Å². The van der Waals surface area contributed by atoms with Crippen LogP contribution in [0.1, 0.15) is 57.4 Å². The molecule has 1 nitrogen and oxygen atoms in total. The molecular weight excluding hydrogens is 249 g/mol. The minimum Gasteiger partial charge on any atom is -0.314 e. The van der Waals surface area contributed by atoms with Crippen molar-refractivity contribution >= 4 is 0 Å². The van der Waals surface area contributed by atoms with Crippen molar-refractivity contribution in [1.29, 1.82) is 0 Å². The molecule has 1 unspecified atom stereocenters. The highest BCUT2D eigenvalue weighted by molar-refractivity contribution is 5.17. The molecule has 0 spiro atoms. The van der Waals surface area contributed by atoms with E-state index in [4.69, 9.17) is 0 Å². The predicted molar refractivity (Wildman–Crippen MR) is 83.4 cm³/mol. The first-order chi connectivity index (χ1) is 9.79. The van der Waals surface area contributed by atoms with Gasteiger partial charge in [-0.25, -0.2) is 4.39 Å². The molecule has 0 heterocycles. The smallest absolute Gasteiger partial charge is 0.123 e. The first kappa shape index (κ1) is 15.5. The Morgan fingerprint density at radius 1 is 1.15 bits per heavy atom. The van der Waals surface area contributed by atoms with E-state index in [9.17, 15) is 4.39 Å². The third-order valence-corrected chi connectivity index (χ3v) is 4.53. The molecule has 0 saturated heterocycles. The Bertz CT molecular complexity index is 383. The molecule has 0 amide bonds. The van der Waals surface area contributed by atoms with E-state index >= 15 is 0 Å². The normalized spacial score (nSPS) is 19.3. The molecule has 1 fully saturated rings. The Morgan fingerprint density at radius 2 is 1.85 bits per heavy atom. The summed E-state index contributed by atoms with van der Waals surface area (Å²) in [7, 11) is 0. The van der Waals surface area contributed by atoms with Crippen LogP contribution in [0.25, 0.3) is 0 Å². The Labute approximate surface area is 123 Å².